The molecule has 0 saturated heterocycles. The van der Waals surface area contributed by atoms with E-state index in [0.29, 0.717) is 45.5 Å². The molecule has 0 saturated carbocycles. The van der Waals surface area contributed by atoms with Crippen LogP contribution < -0.4 is 10.3 Å². The number of aromatic nitrogens is 2. The number of hydrogen-bond donors (Lipinski definition) is 0. The summed E-state index contributed by atoms with van der Waals surface area (Å²) in [4.78, 5) is 17.6. The summed E-state index contributed by atoms with van der Waals surface area (Å²) in [6, 6.07) is 18.2. The van der Waals surface area contributed by atoms with E-state index in [1.54, 1.807) is 24.4 Å². The van der Waals surface area contributed by atoms with E-state index >= 15 is 0 Å². The smallest absolute Gasteiger partial charge is 0.282 e. The first-order valence-corrected chi connectivity index (χ1v) is 11.4. The molecule has 0 aliphatic heterocycles. The summed E-state index contributed by atoms with van der Waals surface area (Å²) in [6.07, 6.45) is 2.19. The highest BCUT2D eigenvalue weighted by molar-refractivity contribution is 9.10. The van der Waals surface area contributed by atoms with Gasteiger partial charge in [0.2, 0.25) is 0 Å². The van der Waals surface area contributed by atoms with Gasteiger partial charge in [-0.2, -0.15) is 9.78 Å². The van der Waals surface area contributed by atoms with Crippen LogP contribution >= 0.6 is 39.1 Å². The number of aryl methyl sites for hydroxylation is 1. The van der Waals surface area contributed by atoms with Crippen molar-refractivity contribution in [2.45, 2.75) is 20.0 Å². The van der Waals surface area contributed by atoms with Gasteiger partial charge in [0.25, 0.3) is 5.56 Å². The Balaban J connectivity index is 1.59. The van der Waals surface area contributed by atoms with Gasteiger partial charge in [-0.15, -0.1) is 0 Å². The van der Waals surface area contributed by atoms with Crippen LogP contribution in [0.25, 0.3) is 10.9 Å². The highest BCUT2D eigenvalue weighted by Crippen LogP contribution is 2.23. The highest BCUT2D eigenvalue weighted by atomic mass is 79.9. The standard InChI is InChI=1S/C24H18BrCl2N3O2/c1-2-23-29-22-9-7-17(25)11-20(22)24(31)30(23)28-13-15-4-3-5-19(10-15)32-14-16-6-8-18(26)12-21(16)27/h3-13H,2,14H2,1H3. The minimum atomic E-state index is -0.214. The number of rotatable bonds is 6. The van der Waals surface area contributed by atoms with Gasteiger partial charge in [-0.3, -0.25) is 4.79 Å². The summed E-state index contributed by atoms with van der Waals surface area (Å²) in [7, 11) is 0. The number of hydrogen-bond acceptors (Lipinski definition) is 4. The third-order valence-electron chi connectivity index (χ3n) is 4.78. The zero-order chi connectivity index (χ0) is 22.7. The molecule has 162 valence electrons. The van der Waals surface area contributed by atoms with Crippen LogP contribution in [0.3, 0.4) is 0 Å². The van der Waals surface area contributed by atoms with Gasteiger partial charge in [0.1, 0.15) is 18.2 Å². The normalized spacial score (nSPS) is 11.4. The first-order chi connectivity index (χ1) is 15.4. The van der Waals surface area contributed by atoms with Gasteiger partial charge in [0, 0.05) is 26.5 Å². The molecular formula is C24H18BrCl2N3O2. The average molecular weight is 531 g/mol. The molecule has 0 aliphatic rings. The summed E-state index contributed by atoms with van der Waals surface area (Å²) in [5.74, 6) is 1.24. The van der Waals surface area contributed by atoms with Gasteiger partial charge in [0.15, 0.2) is 0 Å². The van der Waals surface area contributed by atoms with Crippen LogP contribution in [0.15, 0.2) is 75.0 Å². The summed E-state index contributed by atoms with van der Waals surface area (Å²) in [5.41, 5.74) is 2.06. The van der Waals surface area contributed by atoms with E-state index in [0.717, 1.165) is 15.6 Å². The van der Waals surface area contributed by atoms with Gasteiger partial charge in [-0.05, 0) is 48.0 Å². The largest absolute Gasteiger partial charge is 0.489 e. The van der Waals surface area contributed by atoms with Gasteiger partial charge < -0.3 is 4.74 Å². The molecule has 1 aromatic heterocycles. The van der Waals surface area contributed by atoms with Crippen molar-refractivity contribution in [1.82, 2.24) is 9.66 Å². The predicted octanol–water partition coefficient (Wildman–Crippen LogP) is 6.49. The number of benzene rings is 3. The molecular weight excluding hydrogens is 513 g/mol. The van der Waals surface area contributed by atoms with Crippen molar-refractivity contribution in [2.24, 2.45) is 5.10 Å². The Hall–Kier alpha value is -2.67. The van der Waals surface area contributed by atoms with E-state index in [1.165, 1.54) is 4.68 Å². The maximum Gasteiger partial charge on any atom is 0.282 e. The van der Waals surface area contributed by atoms with Crippen LogP contribution in [0.5, 0.6) is 5.75 Å². The van der Waals surface area contributed by atoms with Gasteiger partial charge in [-0.1, -0.05) is 64.3 Å². The van der Waals surface area contributed by atoms with Gasteiger partial charge >= 0.3 is 0 Å². The maximum absolute atomic E-state index is 13.0. The number of ether oxygens (including phenoxy) is 1. The second kappa shape index (κ2) is 9.86. The Morgan fingerprint density at radius 2 is 1.97 bits per heavy atom. The van der Waals surface area contributed by atoms with Crippen LogP contribution in [-0.2, 0) is 13.0 Å². The molecule has 0 aliphatic carbocycles. The molecule has 5 nitrogen and oxygen atoms in total. The first kappa shape index (κ1) is 22.5. The molecule has 8 heteroatoms. The third kappa shape index (κ3) is 5.04. The minimum absolute atomic E-state index is 0.214. The van der Waals surface area contributed by atoms with Crippen molar-refractivity contribution in [1.29, 1.82) is 0 Å². The lowest BCUT2D eigenvalue weighted by Crippen LogP contribution is -2.22. The van der Waals surface area contributed by atoms with Crippen LogP contribution in [0.4, 0.5) is 0 Å². The lowest BCUT2D eigenvalue weighted by molar-refractivity contribution is 0.306. The summed E-state index contributed by atoms with van der Waals surface area (Å²) in [6.45, 7) is 2.24. The summed E-state index contributed by atoms with van der Waals surface area (Å²) < 4.78 is 8.03. The molecule has 0 bridgehead atoms. The lowest BCUT2D eigenvalue weighted by atomic mass is 10.2. The second-order valence-corrected chi connectivity index (χ2v) is 8.76. The summed E-state index contributed by atoms with van der Waals surface area (Å²) >= 11 is 15.6. The Morgan fingerprint density at radius 3 is 2.75 bits per heavy atom. The fourth-order valence-electron chi connectivity index (χ4n) is 3.15. The molecule has 0 spiro atoms. The zero-order valence-electron chi connectivity index (χ0n) is 17.1. The van der Waals surface area contributed by atoms with E-state index in [4.69, 9.17) is 27.9 Å². The van der Waals surface area contributed by atoms with Crippen molar-refractivity contribution >= 4 is 56.2 Å². The topological polar surface area (TPSA) is 56.5 Å². The molecule has 32 heavy (non-hydrogen) atoms. The van der Waals surface area contributed by atoms with Crippen molar-refractivity contribution in [3.8, 4) is 5.75 Å². The molecule has 0 N–H and O–H groups in total. The van der Waals surface area contributed by atoms with Crippen LogP contribution in [-0.4, -0.2) is 15.9 Å². The molecule has 0 amide bonds. The van der Waals surface area contributed by atoms with E-state index in [2.05, 4.69) is 26.0 Å². The molecule has 0 radical (unpaired) electrons. The molecule has 3 aromatic carbocycles. The van der Waals surface area contributed by atoms with Gasteiger partial charge in [0.05, 0.1) is 17.1 Å². The van der Waals surface area contributed by atoms with Crippen molar-refractivity contribution in [2.75, 3.05) is 0 Å². The summed E-state index contributed by atoms with van der Waals surface area (Å²) in [5, 5.41) is 6.06. The third-order valence-corrected chi connectivity index (χ3v) is 5.86. The predicted molar refractivity (Wildman–Crippen MR) is 133 cm³/mol. The molecule has 0 unspecified atom stereocenters. The molecule has 0 atom stereocenters. The monoisotopic (exact) mass is 529 g/mol. The van der Waals surface area contributed by atoms with Crippen molar-refractivity contribution < 1.29 is 4.74 Å². The van der Waals surface area contributed by atoms with E-state index in [-0.39, 0.29) is 5.56 Å². The minimum Gasteiger partial charge on any atom is -0.489 e. The fourth-order valence-corrected chi connectivity index (χ4v) is 3.98. The maximum atomic E-state index is 13.0. The van der Waals surface area contributed by atoms with Gasteiger partial charge in [-0.25, -0.2) is 4.98 Å². The average Bonchev–Trinajstić information content (AvgIpc) is 2.78. The number of nitrogens with zero attached hydrogens (tertiary/aromatic N) is 3. The van der Waals surface area contributed by atoms with Crippen molar-refractivity contribution in [3.63, 3.8) is 0 Å². The molecule has 1 heterocycles. The first-order valence-electron chi connectivity index (χ1n) is 9.87. The lowest BCUT2D eigenvalue weighted by Gasteiger charge is -2.09. The highest BCUT2D eigenvalue weighted by Gasteiger charge is 2.10. The number of fused-ring (bicyclic) bond motifs is 1. The van der Waals surface area contributed by atoms with Crippen LogP contribution in [0.1, 0.15) is 23.9 Å². The quantitative estimate of drug-likeness (QED) is 0.268. The van der Waals surface area contributed by atoms with Crippen LogP contribution in [0.2, 0.25) is 10.0 Å². The Bertz CT molecular complexity index is 1390. The van der Waals surface area contributed by atoms with Crippen molar-refractivity contribution in [3.05, 3.63) is 102 Å². The number of halogens is 3. The SMILES string of the molecule is CCc1nc2ccc(Br)cc2c(=O)n1N=Cc1cccc(OCc2ccc(Cl)cc2Cl)c1. The van der Waals surface area contributed by atoms with E-state index in [9.17, 15) is 4.79 Å². The Kier molecular flexibility index (Phi) is 6.94. The fraction of sp³-hybridized carbons (Fsp3) is 0.125. The Labute approximate surface area is 203 Å². The van der Waals surface area contributed by atoms with E-state index < -0.39 is 0 Å². The zero-order valence-corrected chi connectivity index (χ0v) is 20.2. The van der Waals surface area contributed by atoms with Crippen LogP contribution in [0, 0.1) is 0 Å². The second-order valence-electron chi connectivity index (χ2n) is 7.00. The molecule has 4 rings (SSSR count). The molecule has 0 fully saturated rings. The Morgan fingerprint density at radius 1 is 1.12 bits per heavy atom. The van der Waals surface area contributed by atoms with E-state index in [1.807, 2.05) is 49.4 Å². The molecule has 4 aromatic rings.